The molecule has 0 aromatic carbocycles. The summed E-state index contributed by atoms with van der Waals surface area (Å²) in [5.41, 5.74) is 0. The Morgan fingerprint density at radius 2 is 2.20 bits per heavy atom. The Hall–Kier alpha value is -0.200. The van der Waals surface area contributed by atoms with Gasteiger partial charge in [0.05, 0.1) is 0 Å². The summed E-state index contributed by atoms with van der Waals surface area (Å²) >= 11 is 2.61. The van der Waals surface area contributed by atoms with Crippen LogP contribution in [-0.2, 0) is 0 Å². The number of hydrogen-bond donors (Lipinski definition) is 2. The van der Waals surface area contributed by atoms with Crippen LogP contribution in [0, 0.1) is 10.1 Å². The van der Waals surface area contributed by atoms with Gasteiger partial charge in [0.1, 0.15) is 0 Å². The molecule has 0 fully saturated rings. The summed E-state index contributed by atoms with van der Waals surface area (Å²) in [7, 11) is 0. The largest absolute Gasteiger partial charge is 0.362 e. The van der Waals surface area contributed by atoms with Crippen molar-refractivity contribution >= 4 is 15.9 Å². The number of alkyl halides is 1. The van der Waals surface area contributed by atoms with Crippen molar-refractivity contribution in [1.82, 2.24) is 0 Å². The fourth-order valence-electron chi connectivity index (χ4n) is 0.406. The van der Waals surface area contributed by atoms with Crippen molar-refractivity contribution in [3.05, 3.63) is 10.1 Å². The number of nitro groups is 1. The van der Waals surface area contributed by atoms with Crippen LogP contribution in [0.4, 0.5) is 0 Å². The summed E-state index contributed by atoms with van der Waals surface area (Å²) in [5.74, 6) is 0. The van der Waals surface area contributed by atoms with Crippen LogP contribution >= 0.6 is 15.9 Å². The van der Waals surface area contributed by atoms with Gasteiger partial charge in [-0.05, 0) is 0 Å². The van der Waals surface area contributed by atoms with Crippen LogP contribution in [0.2, 0.25) is 0 Å². The van der Waals surface area contributed by atoms with Gasteiger partial charge in [-0.15, -0.1) is 0 Å². The van der Waals surface area contributed by atoms with E-state index in [1.165, 1.54) is 6.92 Å². The average molecular weight is 214 g/mol. The number of rotatable bonds is 3. The summed E-state index contributed by atoms with van der Waals surface area (Å²) in [6.07, 6.45) is -1.97. The van der Waals surface area contributed by atoms with E-state index in [4.69, 9.17) is 10.2 Å². The Bertz CT molecular complexity index is 139. The molecule has 10 heavy (non-hydrogen) atoms. The molecule has 6 heteroatoms. The van der Waals surface area contributed by atoms with Crippen LogP contribution in [0.3, 0.4) is 0 Å². The zero-order chi connectivity index (χ0) is 8.36. The van der Waals surface area contributed by atoms with E-state index in [1.54, 1.807) is 0 Å². The van der Waals surface area contributed by atoms with Crippen molar-refractivity contribution < 1.29 is 15.1 Å². The SMILES string of the molecule is CCC(Br)(C(O)O)[N+](=O)[O-]. The van der Waals surface area contributed by atoms with Gasteiger partial charge in [0.2, 0.25) is 6.29 Å². The molecule has 0 heterocycles. The molecule has 0 aliphatic carbocycles. The normalized spacial score (nSPS) is 16.9. The van der Waals surface area contributed by atoms with Crippen molar-refractivity contribution in [2.24, 2.45) is 0 Å². The molecule has 0 saturated heterocycles. The Labute approximate surface area is 65.9 Å². The second-order valence-electron chi connectivity index (χ2n) is 1.80. The summed E-state index contributed by atoms with van der Waals surface area (Å²) in [4.78, 5) is 9.37. The zero-order valence-electron chi connectivity index (χ0n) is 5.32. The van der Waals surface area contributed by atoms with E-state index in [9.17, 15) is 10.1 Å². The lowest BCUT2D eigenvalue weighted by Gasteiger charge is -2.17. The summed E-state index contributed by atoms with van der Waals surface area (Å²) in [6.45, 7) is 1.48. The van der Waals surface area contributed by atoms with Gasteiger partial charge in [-0.1, -0.05) is 6.92 Å². The van der Waals surface area contributed by atoms with Gasteiger partial charge in [-0.2, -0.15) is 0 Å². The van der Waals surface area contributed by atoms with Gasteiger partial charge < -0.3 is 10.2 Å². The van der Waals surface area contributed by atoms with E-state index in [0.717, 1.165) is 0 Å². The third-order valence-corrected chi connectivity index (χ3v) is 2.45. The average Bonchev–Trinajstić information content (AvgIpc) is 1.85. The van der Waals surface area contributed by atoms with Gasteiger partial charge >= 0.3 is 4.45 Å². The second kappa shape index (κ2) is 3.27. The van der Waals surface area contributed by atoms with E-state index in [0.29, 0.717) is 0 Å². The van der Waals surface area contributed by atoms with Crippen molar-refractivity contribution in [2.75, 3.05) is 0 Å². The topological polar surface area (TPSA) is 83.6 Å². The smallest absolute Gasteiger partial charge is 0.323 e. The van der Waals surface area contributed by atoms with Crippen LogP contribution in [0.5, 0.6) is 0 Å². The van der Waals surface area contributed by atoms with Crippen LogP contribution in [0.15, 0.2) is 0 Å². The van der Waals surface area contributed by atoms with Gasteiger partial charge in [-0.3, -0.25) is 10.1 Å². The second-order valence-corrected chi connectivity index (χ2v) is 3.18. The fourth-order valence-corrected chi connectivity index (χ4v) is 0.406. The molecule has 0 aliphatic rings. The van der Waals surface area contributed by atoms with E-state index in [-0.39, 0.29) is 6.42 Å². The molecule has 0 aromatic heterocycles. The number of aliphatic hydroxyl groups is 2. The molecule has 0 spiro atoms. The monoisotopic (exact) mass is 213 g/mol. The highest BCUT2D eigenvalue weighted by Gasteiger charge is 2.45. The minimum atomic E-state index is -1.98. The Balaban J connectivity index is 4.38. The molecule has 60 valence electrons. The highest BCUT2D eigenvalue weighted by Crippen LogP contribution is 2.25. The van der Waals surface area contributed by atoms with Crippen molar-refractivity contribution in [3.8, 4) is 0 Å². The summed E-state index contributed by atoms with van der Waals surface area (Å²) in [5, 5.41) is 27.2. The zero-order valence-corrected chi connectivity index (χ0v) is 6.91. The molecule has 0 radical (unpaired) electrons. The van der Waals surface area contributed by atoms with Crippen LogP contribution < -0.4 is 0 Å². The molecule has 5 nitrogen and oxygen atoms in total. The molecular weight excluding hydrogens is 206 g/mol. The molecule has 2 N–H and O–H groups in total. The lowest BCUT2D eigenvalue weighted by atomic mass is 10.2. The van der Waals surface area contributed by atoms with Gasteiger partial charge in [0, 0.05) is 27.3 Å². The first-order chi connectivity index (χ1) is 4.45. The van der Waals surface area contributed by atoms with Crippen molar-refractivity contribution in [2.45, 2.75) is 24.1 Å². The first-order valence-electron chi connectivity index (χ1n) is 2.64. The number of hydrogen-bond acceptors (Lipinski definition) is 4. The highest BCUT2D eigenvalue weighted by molar-refractivity contribution is 9.10. The van der Waals surface area contributed by atoms with Gasteiger partial charge in [0.15, 0.2) is 0 Å². The van der Waals surface area contributed by atoms with Crippen LogP contribution in [0.25, 0.3) is 0 Å². The predicted molar refractivity (Wildman–Crippen MR) is 37.2 cm³/mol. The number of aliphatic hydroxyl groups excluding tert-OH is 1. The van der Waals surface area contributed by atoms with Gasteiger partial charge in [0.25, 0.3) is 0 Å². The third kappa shape index (κ3) is 1.65. The van der Waals surface area contributed by atoms with E-state index in [2.05, 4.69) is 15.9 Å². The first-order valence-corrected chi connectivity index (χ1v) is 3.44. The number of nitrogens with zero attached hydrogens (tertiary/aromatic N) is 1. The predicted octanol–water partition coefficient (Wildman–Crippen LogP) is 0.0750. The molecular formula is C4H8BrNO4. The van der Waals surface area contributed by atoms with Crippen LogP contribution in [0.1, 0.15) is 13.3 Å². The quantitative estimate of drug-likeness (QED) is 0.229. The van der Waals surface area contributed by atoms with E-state index in [1.807, 2.05) is 0 Å². The molecule has 1 unspecified atom stereocenters. The highest BCUT2D eigenvalue weighted by atomic mass is 79.9. The Morgan fingerprint density at radius 3 is 2.20 bits per heavy atom. The third-order valence-electron chi connectivity index (χ3n) is 1.20. The molecule has 0 saturated carbocycles. The standard InChI is InChI=1S/C4H8BrNO4/c1-2-4(5,3(7)8)6(9)10/h3,7-8H,2H2,1H3. The maximum Gasteiger partial charge on any atom is 0.323 e. The summed E-state index contributed by atoms with van der Waals surface area (Å²) in [6, 6.07) is 0. The minimum absolute atomic E-state index is 0.0116. The molecule has 1 atom stereocenters. The molecule has 0 rings (SSSR count). The molecule has 0 aromatic rings. The van der Waals surface area contributed by atoms with Crippen LogP contribution in [-0.4, -0.2) is 25.9 Å². The minimum Gasteiger partial charge on any atom is -0.362 e. The molecule has 0 aliphatic heterocycles. The maximum atomic E-state index is 10.1. The van der Waals surface area contributed by atoms with E-state index >= 15 is 0 Å². The number of halogens is 1. The molecule has 0 amide bonds. The molecule has 0 bridgehead atoms. The van der Waals surface area contributed by atoms with Gasteiger partial charge in [-0.25, -0.2) is 0 Å². The fraction of sp³-hybridized carbons (Fsp3) is 1.00. The van der Waals surface area contributed by atoms with Crippen molar-refractivity contribution in [3.63, 3.8) is 0 Å². The lowest BCUT2D eigenvalue weighted by Crippen LogP contribution is -2.42. The Kier molecular flexibility index (Phi) is 3.20. The van der Waals surface area contributed by atoms with E-state index < -0.39 is 15.7 Å². The maximum absolute atomic E-state index is 10.1. The van der Waals surface area contributed by atoms with Crippen molar-refractivity contribution in [1.29, 1.82) is 0 Å². The first kappa shape index (κ1) is 9.80. The Morgan fingerprint density at radius 1 is 1.80 bits per heavy atom. The lowest BCUT2D eigenvalue weighted by molar-refractivity contribution is -0.560. The summed E-state index contributed by atoms with van der Waals surface area (Å²) < 4.78 is -1.81.